The van der Waals surface area contributed by atoms with E-state index >= 15 is 0 Å². The Kier molecular flexibility index (Phi) is 3.03. The van der Waals surface area contributed by atoms with Gasteiger partial charge in [0.2, 0.25) is 0 Å². The molecule has 98 valence electrons. The van der Waals surface area contributed by atoms with Gasteiger partial charge in [-0.1, -0.05) is 31.4 Å². The first-order chi connectivity index (χ1) is 8.60. The maximum atomic E-state index is 10.7. The van der Waals surface area contributed by atoms with Crippen molar-refractivity contribution in [3.05, 3.63) is 28.3 Å². The van der Waals surface area contributed by atoms with Gasteiger partial charge in [-0.25, -0.2) is 0 Å². The molecule has 0 amide bonds. The summed E-state index contributed by atoms with van der Waals surface area (Å²) in [5, 5.41) is 11.4. The van der Waals surface area contributed by atoms with Gasteiger partial charge in [0.25, 0.3) is 0 Å². The number of aliphatic hydroxyl groups excluding tert-OH is 1. The van der Waals surface area contributed by atoms with Crippen molar-refractivity contribution in [3.8, 4) is 5.75 Å². The van der Waals surface area contributed by atoms with E-state index in [0.29, 0.717) is 11.6 Å². The van der Waals surface area contributed by atoms with E-state index in [0.717, 1.165) is 36.1 Å². The lowest BCUT2D eigenvalue weighted by Crippen LogP contribution is -2.22. The maximum absolute atomic E-state index is 10.7. The second-order valence-electron chi connectivity index (χ2n) is 5.85. The predicted octanol–water partition coefficient (Wildman–Crippen LogP) is 3.89. The quantitative estimate of drug-likeness (QED) is 0.880. The fraction of sp³-hybridized carbons (Fsp3) is 0.600. The van der Waals surface area contributed by atoms with Crippen LogP contribution in [0.5, 0.6) is 5.75 Å². The molecule has 2 aliphatic rings. The fourth-order valence-corrected chi connectivity index (χ4v) is 3.58. The van der Waals surface area contributed by atoms with E-state index in [2.05, 4.69) is 6.92 Å². The lowest BCUT2D eigenvalue weighted by molar-refractivity contribution is 0.0388. The molecule has 0 radical (unpaired) electrons. The molecule has 1 atom stereocenters. The first-order valence-electron chi connectivity index (χ1n) is 6.73. The first kappa shape index (κ1) is 12.3. The van der Waals surface area contributed by atoms with Crippen LogP contribution in [0.2, 0.25) is 5.02 Å². The summed E-state index contributed by atoms with van der Waals surface area (Å²) < 4.78 is 5.69. The molecular weight excluding hydrogens is 248 g/mol. The van der Waals surface area contributed by atoms with Crippen molar-refractivity contribution in [1.29, 1.82) is 0 Å². The highest BCUT2D eigenvalue weighted by molar-refractivity contribution is 6.30. The Morgan fingerprint density at radius 2 is 2.06 bits per heavy atom. The summed E-state index contributed by atoms with van der Waals surface area (Å²) >= 11 is 6.16. The Bertz CT molecular complexity index is 464. The third-order valence-corrected chi connectivity index (χ3v) is 4.70. The summed E-state index contributed by atoms with van der Waals surface area (Å²) in [4.78, 5) is 0. The van der Waals surface area contributed by atoms with Gasteiger partial charge in [-0.05, 0) is 36.0 Å². The summed E-state index contributed by atoms with van der Waals surface area (Å²) in [6.07, 6.45) is 5.00. The number of rotatable bonds is 2. The number of ether oxygens (including phenoxy) is 1. The van der Waals surface area contributed by atoms with E-state index in [1.54, 1.807) is 0 Å². The van der Waals surface area contributed by atoms with Gasteiger partial charge in [0.1, 0.15) is 5.75 Å². The highest BCUT2D eigenvalue weighted by Gasteiger charge is 2.39. The van der Waals surface area contributed by atoms with Crippen molar-refractivity contribution >= 4 is 11.6 Å². The van der Waals surface area contributed by atoms with E-state index in [4.69, 9.17) is 16.3 Å². The van der Waals surface area contributed by atoms with Gasteiger partial charge < -0.3 is 9.84 Å². The zero-order valence-electron chi connectivity index (χ0n) is 10.7. The van der Waals surface area contributed by atoms with Crippen molar-refractivity contribution in [2.75, 3.05) is 6.61 Å². The molecule has 0 saturated heterocycles. The van der Waals surface area contributed by atoms with E-state index in [9.17, 15) is 5.11 Å². The topological polar surface area (TPSA) is 29.5 Å². The predicted molar refractivity (Wildman–Crippen MR) is 72.2 cm³/mol. The Labute approximate surface area is 113 Å². The summed E-state index contributed by atoms with van der Waals surface area (Å²) in [6.45, 7) is 2.87. The van der Waals surface area contributed by atoms with Crippen molar-refractivity contribution in [1.82, 2.24) is 0 Å². The smallest absolute Gasteiger partial charge is 0.128 e. The van der Waals surface area contributed by atoms with Crippen LogP contribution in [-0.4, -0.2) is 11.7 Å². The average molecular weight is 267 g/mol. The lowest BCUT2D eigenvalue weighted by Gasteiger charge is -2.31. The number of hydrogen-bond donors (Lipinski definition) is 1. The summed E-state index contributed by atoms with van der Waals surface area (Å²) in [5.41, 5.74) is 2.00. The molecule has 3 heteroatoms. The van der Waals surface area contributed by atoms with Crippen molar-refractivity contribution in [2.24, 2.45) is 5.41 Å². The third kappa shape index (κ3) is 1.92. The third-order valence-electron chi connectivity index (χ3n) is 4.48. The second-order valence-corrected chi connectivity index (χ2v) is 6.28. The molecule has 1 unspecified atom stereocenters. The standard InChI is InChI=1S/C15H19ClO2/c1-15(5-2-3-6-15)14(17)12-9-11(16)8-10-4-7-18-13(10)12/h8-9,14,17H,2-7H2,1H3. The van der Waals surface area contributed by atoms with E-state index in [1.165, 1.54) is 12.8 Å². The molecule has 1 heterocycles. The largest absolute Gasteiger partial charge is 0.493 e. The van der Waals surface area contributed by atoms with Gasteiger partial charge in [0.05, 0.1) is 12.7 Å². The second kappa shape index (κ2) is 4.43. The molecule has 0 aromatic heterocycles. The SMILES string of the molecule is CC1(C(O)c2cc(Cl)cc3c2OCC3)CCCC1. The molecule has 1 saturated carbocycles. The summed E-state index contributed by atoms with van der Waals surface area (Å²) in [5.74, 6) is 0.875. The van der Waals surface area contributed by atoms with E-state index in [1.807, 2.05) is 12.1 Å². The number of hydrogen-bond acceptors (Lipinski definition) is 2. The van der Waals surface area contributed by atoms with Gasteiger partial charge in [-0.15, -0.1) is 0 Å². The first-order valence-corrected chi connectivity index (χ1v) is 7.11. The Morgan fingerprint density at radius 3 is 2.78 bits per heavy atom. The number of aliphatic hydroxyl groups is 1. The maximum Gasteiger partial charge on any atom is 0.128 e. The summed E-state index contributed by atoms with van der Waals surface area (Å²) in [7, 11) is 0. The van der Waals surface area contributed by atoms with Gasteiger partial charge >= 0.3 is 0 Å². The van der Waals surface area contributed by atoms with Crippen LogP contribution in [0.3, 0.4) is 0 Å². The number of halogens is 1. The molecule has 1 fully saturated rings. The van der Waals surface area contributed by atoms with Gasteiger partial charge in [-0.3, -0.25) is 0 Å². The van der Waals surface area contributed by atoms with Gasteiger partial charge in [0, 0.05) is 17.0 Å². The van der Waals surface area contributed by atoms with Crippen LogP contribution < -0.4 is 4.74 Å². The molecule has 1 N–H and O–H groups in total. The fourth-order valence-electron chi connectivity index (χ4n) is 3.33. The molecular formula is C15H19ClO2. The van der Waals surface area contributed by atoms with Crippen molar-refractivity contribution in [2.45, 2.75) is 45.1 Å². The molecule has 1 aromatic rings. The van der Waals surface area contributed by atoms with Crippen LogP contribution in [0.4, 0.5) is 0 Å². The van der Waals surface area contributed by atoms with E-state index < -0.39 is 6.10 Å². The van der Waals surface area contributed by atoms with Crippen LogP contribution in [-0.2, 0) is 6.42 Å². The minimum absolute atomic E-state index is 0.0234. The van der Waals surface area contributed by atoms with Gasteiger partial charge in [0.15, 0.2) is 0 Å². The molecule has 1 aliphatic carbocycles. The molecule has 2 nitrogen and oxygen atoms in total. The highest BCUT2D eigenvalue weighted by atomic mass is 35.5. The molecule has 1 aromatic carbocycles. The number of benzene rings is 1. The van der Waals surface area contributed by atoms with Crippen LogP contribution in [0.15, 0.2) is 12.1 Å². The Morgan fingerprint density at radius 1 is 1.33 bits per heavy atom. The minimum Gasteiger partial charge on any atom is -0.493 e. The monoisotopic (exact) mass is 266 g/mol. The molecule has 0 spiro atoms. The minimum atomic E-state index is -0.467. The zero-order valence-corrected chi connectivity index (χ0v) is 11.5. The van der Waals surface area contributed by atoms with Crippen LogP contribution in [0.25, 0.3) is 0 Å². The zero-order chi connectivity index (χ0) is 12.8. The van der Waals surface area contributed by atoms with Crippen molar-refractivity contribution < 1.29 is 9.84 Å². The van der Waals surface area contributed by atoms with E-state index in [-0.39, 0.29) is 5.41 Å². The van der Waals surface area contributed by atoms with Crippen LogP contribution >= 0.6 is 11.6 Å². The average Bonchev–Trinajstić information content (AvgIpc) is 2.96. The van der Waals surface area contributed by atoms with Crippen molar-refractivity contribution in [3.63, 3.8) is 0 Å². The van der Waals surface area contributed by atoms with Crippen LogP contribution in [0, 0.1) is 5.41 Å². The van der Waals surface area contributed by atoms with Crippen LogP contribution in [0.1, 0.15) is 49.8 Å². The lowest BCUT2D eigenvalue weighted by atomic mass is 9.79. The van der Waals surface area contributed by atoms with Gasteiger partial charge in [-0.2, -0.15) is 0 Å². The molecule has 0 bridgehead atoms. The number of fused-ring (bicyclic) bond motifs is 1. The normalized spacial score (nSPS) is 22.6. The molecule has 18 heavy (non-hydrogen) atoms. The highest BCUT2D eigenvalue weighted by Crippen LogP contribution is 2.50. The summed E-state index contributed by atoms with van der Waals surface area (Å²) in [6, 6.07) is 3.83. The molecule has 1 aliphatic heterocycles. The molecule has 3 rings (SSSR count). The Balaban J connectivity index is 2.01. The Hall–Kier alpha value is -0.730.